The minimum atomic E-state index is 0.414. The molecule has 1 aromatic heterocycles. The van der Waals surface area contributed by atoms with Crippen LogP contribution in [0.25, 0.3) is 0 Å². The van der Waals surface area contributed by atoms with E-state index in [0.29, 0.717) is 10.7 Å². The van der Waals surface area contributed by atoms with Gasteiger partial charge in [0, 0.05) is 19.1 Å². The first-order valence-corrected chi connectivity index (χ1v) is 5.46. The predicted octanol–water partition coefficient (Wildman–Crippen LogP) is 1.85. The van der Waals surface area contributed by atoms with Gasteiger partial charge in [0.15, 0.2) is 4.77 Å². The largest absolute Gasteiger partial charge is 0.381 e. The zero-order valence-corrected chi connectivity index (χ0v) is 9.14. The van der Waals surface area contributed by atoms with Gasteiger partial charge in [0.05, 0.1) is 6.61 Å². The van der Waals surface area contributed by atoms with Crippen molar-refractivity contribution < 1.29 is 4.74 Å². The minimum absolute atomic E-state index is 0.414. The summed E-state index contributed by atoms with van der Waals surface area (Å²) in [4.78, 5) is 0. The van der Waals surface area contributed by atoms with Gasteiger partial charge in [-0.1, -0.05) is 0 Å². The number of H-pyrrole nitrogens is 1. The second-order valence-electron chi connectivity index (χ2n) is 3.55. The Morgan fingerprint density at radius 2 is 2.57 bits per heavy atom. The Bertz CT molecular complexity index is 351. The summed E-state index contributed by atoms with van der Waals surface area (Å²) >= 11 is 5.15. The quantitative estimate of drug-likeness (QED) is 0.762. The van der Waals surface area contributed by atoms with Crippen LogP contribution in [0.5, 0.6) is 0 Å². The highest BCUT2D eigenvalue weighted by molar-refractivity contribution is 7.71. The lowest BCUT2D eigenvalue weighted by Gasteiger charge is -2.21. The third-order valence-corrected chi connectivity index (χ3v) is 2.94. The van der Waals surface area contributed by atoms with Gasteiger partial charge in [0.2, 0.25) is 0 Å². The van der Waals surface area contributed by atoms with Gasteiger partial charge in [0.1, 0.15) is 5.82 Å². The van der Waals surface area contributed by atoms with Crippen molar-refractivity contribution in [3.8, 4) is 0 Å². The monoisotopic (exact) mass is 213 g/mol. The molecule has 0 aliphatic carbocycles. The van der Waals surface area contributed by atoms with E-state index in [9.17, 15) is 0 Å². The molecule has 14 heavy (non-hydrogen) atoms. The standard InChI is InChI=1S/C9H15N3OS/c1-2-12-8(10-11-9(12)14)7-4-3-5-13-6-7/h7H,2-6H2,1H3,(H,11,14). The topological polar surface area (TPSA) is 42.8 Å². The van der Waals surface area contributed by atoms with Gasteiger partial charge in [-0.3, -0.25) is 5.10 Å². The van der Waals surface area contributed by atoms with Crippen molar-refractivity contribution in [3.05, 3.63) is 10.6 Å². The number of aromatic amines is 1. The predicted molar refractivity (Wildman–Crippen MR) is 55.9 cm³/mol. The van der Waals surface area contributed by atoms with Crippen LogP contribution in [0.15, 0.2) is 0 Å². The van der Waals surface area contributed by atoms with E-state index in [0.717, 1.165) is 38.4 Å². The average Bonchev–Trinajstić information content (AvgIpc) is 2.61. The van der Waals surface area contributed by atoms with Gasteiger partial charge in [-0.2, -0.15) is 5.10 Å². The molecule has 0 spiro atoms. The molecular formula is C9H15N3OS. The summed E-state index contributed by atoms with van der Waals surface area (Å²) in [6.07, 6.45) is 2.27. The number of rotatable bonds is 2. The zero-order valence-electron chi connectivity index (χ0n) is 8.32. The maximum absolute atomic E-state index is 5.44. The number of ether oxygens (including phenoxy) is 1. The van der Waals surface area contributed by atoms with Gasteiger partial charge in [-0.25, -0.2) is 0 Å². The Hall–Kier alpha value is -0.680. The van der Waals surface area contributed by atoms with Crippen molar-refractivity contribution in [1.29, 1.82) is 0 Å². The van der Waals surface area contributed by atoms with Crippen LogP contribution < -0.4 is 0 Å². The minimum Gasteiger partial charge on any atom is -0.381 e. The molecule has 4 nitrogen and oxygen atoms in total. The van der Waals surface area contributed by atoms with Crippen molar-refractivity contribution in [1.82, 2.24) is 14.8 Å². The summed E-state index contributed by atoms with van der Waals surface area (Å²) < 4.78 is 8.21. The maximum Gasteiger partial charge on any atom is 0.195 e. The van der Waals surface area contributed by atoms with E-state index in [2.05, 4.69) is 21.7 Å². The molecule has 0 saturated carbocycles. The molecular weight excluding hydrogens is 198 g/mol. The summed E-state index contributed by atoms with van der Waals surface area (Å²) in [6.45, 7) is 4.62. The van der Waals surface area contributed by atoms with Crippen molar-refractivity contribution in [2.45, 2.75) is 32.2 Å². The molecule has 1 unspecified atom stereocenters. The molecule has 1 fully saturated rings. The van der Waals surface area contributed by atoms with Crippen molar-refractivity contribution in [2.75, 3.05) is 13.2 Å². The van der Waals surface area contributed by atoms with Crippen molar-refractivity contribution in [3.63, 3.8) is 0 Å². The van der Waals surface area contributed by atoms with Crippen molar-refractivity contribution in [2.24, 2.45) is 0 Å². The molecule has 1 N–H and O–H groups in total. The van der Waals surface area contributed by atoms with Crippen LogP contribution in [0, 0.1) is 4.77 Å². The van der Waals surface area contributed by atoms with Gasteiger partial charge < -0.3 is 9.30 Å². The molecule has 1 aromatic rings. The smallest absolute Gasteiger partial charge is 0.195 e. The second kappa shape index (κ2) is 4.23. The number of aromatic nitrogens is 3. The van der Waals surface area contributed by atoms with Crippen LogP contribution in [-0.4, -0.2) is 28.0 Å². The van der Waals surface area contributed by atoms with Gasteiger partial charge in [-0.15, -0.1) is 0 Å². The van der Waals surface area contributed by atoms with Crippen LogP contribution in [0.4, 0.5) is 0 Å². The molecule has 1 aliphatic heterocycles. The average molecular weight is 213 g/mol. The summed E-state index contributed by atoms with van der Waals surface area (Å²) in [6, 6.07) is 0. The Balaban J connectivity index is 2.25. The van der Waals surface area contributed by atoms with Crippen LogP contribution >= 0.6 is 12.2 Å². The van der Waals surface area contributed by atoms with Crippen LogP contribution in [0.1, 0.15) is 31.5 Å². The van der Waals surface area contributed by atoms with Gasteiger partial charge >= 0.3 is 0 Å². The number of hydrogen-bond acceptors (Lipinski definition) is 3. The molecule has 0 bridgehead atoms. The van der Waals surface area contributed by atoms with Gasteiger partial charge in [-0.05, 0) is 32.0 Å². The first-order chi connectivity index (χ1) is 6.83. The number of nitrogens with zero attached hydrogens (tertiary/aromatic N) is 2. The molecule has 78 valence electrons. The molecule has 2 heterocycles. The molecule has 0 radical (unpaired) electrons. The molecule has 1 atom stereocenters. The number of nitrogens with one attached hydrogen (secondary N) is 1. The zero-order chi connectivity index (χ0) is 9.97. The van der Waals surface area contributed by atoms with Gasteiger partial charge in [0.25, 0.3) is 0 Å². The fraction of sp³-hybridized carbons (Fsp3) is 0.778. The van der Waals surface area contributed by atoms with Crippen LogP contribution in [0.3, 0.4) is 0 Å². The molecule has 0 amide bonds. The third kappa shape index (κ3) is 1.74. The normalized spacial score (nSPS) is 22.5. The summed E-state index contributed by atoms with van der Waals surface area (Å²) in [7, 11) is 0. The lowest BCUT2D eigenvalue weighted by atomic mass is 10.0. The van der Waals surface area contributed by atoms with E-state index in [4.69, 9.17) is 17.0 Å². The molecule has 0 aromatic carbocycles. The summed E-state index contributed by atoms with van der Waals surface area (Å²) in [5.41, 5.74) is 0. The number of hydrogen-bond donors (Lipinski definition) is 1. The lowest BCUT2D eigenvalue weighted by Crippen LogP contribution is -2.19. The summed E-state index contributed by atoms with van der Waals surface area (Å²) in [5.74, 6) is 1.47. The Kier molecular flexibility index (Phi) is 2.98. The molecule has 1 saturated heterocycles. The Labute approximate surface area is 88.3 Å². The van der Waals surface area contributed by atoms with E-state index < -0.39 is 0 Å². The maximum atomic E-state index is 5.44. The molecule has 5 heteroatoms. The highest BCUT2D eigenvalue weighted by Crippen LogP contribution is 2.23. The highest BCUT2D eigenvalue weighted by Gasteiger charge is 2.21. The fourth-order valence-corrected chi connectivity index (χ4v) is 2.16. The van der Waals surface area contributed by atoms with E-state index >= 15 is 0 Å². The lowest BCUT2D eigenvalue weighted by molar-refractivity contribution is 0.0769. The Morgan fingerprint density at radius 3 is 3.21 bits per heavy atom. The van der Waals surface area contributed by atoms with E-state index in [1.807, 2.05) is 0 Å². The molecule has 1 aliphatic rings. The second-order valence-corrected chi connectivity index (χ2v) is 3.93. The fourth-order valence-electron chi connectivity index (χ4n) is 1.89. The third-order valence-electron chi connectivity index (χ3n) is 2.63. The van der Waals surface area contributed by atoms with Crippen molar-refractivity contribution >= 4 is 12.2 Å². The summed E-state index contributed by atoms with van der Waals surface area (Å²) in [5, 5.41) is 7.12. The van der Waals surface area contributed by atoms with E-state index in [-0.39, 0.29) is 0 Å². The van der Waals surface area contributed by atoms with Crippen LogP contribution in [-0.2, 0) is 11.3 Å². The first-order valence-electron chi connectivity index (χ1n) is 5.05. The van der Waals surface area contributed by atoms with Crippen LogP contribution in [0.2, 0.25) is 0 Å². The van der Waals surface area contributed by atoms with E-state index in [1.165, 1.54) is 0 Å². The first kappa shape index (κ1) is 9.86. The highest BCUT2D eigenvalue weighted by atomic mass is 32.1. The SMILES string of the molecule is CCn1c(C2CCCOC2)n[nH]c1=S. The Morgan fingerprint density at radius 1 is 1.71 bits per heavy atom. The molecule has 2 rings (SSSR count). The van der Waals surface area contributed by atoms with E-state index in [1.54, 1.807) is 0 Å².